The first-order chi connectivity index (χ1) is 10.2. The molecular formula is C14H14N2O4S. The van der Waals surface area contributed by atoms with Crippen molar-refractivity contribution in [3.8, 4) is 17.2 Å². The van der Waals surface area contributed by atoms with Crippen LogP contribution in [-0.4, -0.2) is 31.4 Å². The van der Waals surface area contributed by atoms with Gasteiger partial charge in [-0.1, -0.05) is 6.07 Å². The molecule has 21 heavy (non-hydrogen) atoms. The van der Waals surface area contributed by atoms with Gasteiger partial charge in [0.05, 0.1) is 25.3 Å². The Morgan fingerprint density at radius 2 is 2.00 bits per heavy atom. The molecule has 0 saturated carbocycles. The number of aromatic hydroxyl groups is 1. The summed E-state index contributed by atoms with van der Waals surface area (Å²) in [6.45, 7) is 0. The average molecular weight is 306 g/mol. The van der Waals surface area contributed by atoms with Crippen LogP contribution in [0.15, 0.2) is 34.7 Å². The second-order valence-electron chi connectivity index (χ2n) is 3.95. The number of carbonyl (C=O) groups excluding carboxylic acids is 1. The maximum Gasteiger partial charge on any atom is 0.281 e. The number of hydrogen-bond acceptors (Lipinski definition) is 6. The fourth-order valence-corrected chi connectivity index (χ4v) is 2.23. The summed E-state index contributed by atoms with van der Waals surface area (Å²) in [5.74, 6) is 0.166. The van der Waals surface area contributed by atoms with Gasteiger partial charge < -0.3 is 14.6 Å². The molecule has 1 aromatic heterocycles. The van der Waals surface area contributed by atoms with Gasteiger partial charge in [-0.25, -0.2) is 5.43 Å². The number of nitrogens with one attached hydrogen (secondary N) is 1. The molecule has 0 saturated heterocycles. The smallest absolute Gasteiger partial charge is 0.281 e. The average Bonchev–Trinajstić information content (AvgIpc) is 3.02. The summed E-state index contributed by atoms with van der Waals surface area (Å²) in [6, 6.07) is 6.67. The van der Waals surface area contributed by atoms with Crippen LogP contribution < -0.4 is 14.9 Å². The number of thiophene rings is 1. The highest BCUT2D eigenvalue weighted by Crippen LogP contribution is 2.36. The maximum atomic E-state index is 11.7. The topological polar surface area (TPSA) is 80.2 Å². The number of amides is 1. The van der Waals surface area contributed by atoms with Gasteiger partial charge in [0.1, 0.15) is 0 Å². The van der Waals surface area contributed by atoms with E-state index in [1.165, 1.54) is 31.8 Å². The minimum atomic E-state index is -0.279. The zero-order valence-electron chi connectivity index (χ0n) is 11.5. The minimum Gasteiger partial charge on any atom is -0.502 e. The van der Waals surface area contributed by atoms with E-state index in [-0.39, 0.29) is 23.2 Å². The van der Waals surface area contributed by atoms with E-state index >= 15 is 0 Å². The molecule has 0 radical (unpaired) electrons. The lowest BCUT2D eigenvalue weighted by atomic mass is 10.2. The Morgan fingerprint density at radius 3 is 2.52 bits per heavy atom. The normalized spacial score (nSPS) is 10.6. The van der Waals surface area contributed by atoms with Crippen LogP contribution in [0.2, 0.25) is 0 Å². The first-order valence-corrected chi connectivity index (χ1v) is 6.85. The molecular weight excluding hydrogens is 292 g/mol. The predicted octanol–water partition coefficient (Wildman–Crippen LogP) is 2.23. The molecule has 0 aliphatic carbocycles. The van der Waals surface area contributed by atoms with E-state index in [0.717, 1.165) is 0 Å². The van der Waals surface area contributed by atoms with Crippen molar-refractivity contribution in [3.63, 3.8) is 0 Å². The number of benzene rings is 1. The van der Waals surface area contributed by atoms with Crippen molar-refractivity contribution in [1.82, 2.24) is 5.43 Å². The molecule has 0 bridgehead atoms. The lowest BCUT2D eigenvalue weighted by Gasteiger charge is -2.09. The Bertz CT molecular complexity index is 628. The van der Waals surface area contributed by atoms with Crippen LogP contribution >= 0.6 is 11.3 Å². The van der Waals surface area contributed by atoms with Gasteiger partial charge in [0.25, 0.3) is 5.91 Å². The number of nitrogens with zero attached hydrogens (tertiary/aromatic N) is 1. The van der Waals surface area contributed by atoms with E-state index in [0.29, 0.717) is 10.4 Å². The van der Waals surface area contributed by atoms with E-state index in [4.69, 9.17) is 9.47 Å². The molecule has 1 amide bonds. The van der Waals surface area contributed by atoms with E-state index in [1.807, 2.05) is 5.38 Å². The third kappa shape index (κ3) is 3.51. The predicted molar refractivity (Wildman–Crippen MR) is 80.6 cm³/mol. The summed E-state index contributed by atoms with van der Waals surface area (Å²) in [5, 5.41) is 15.5. The molecule has 0 unspecified atom stereocenters. The second kappa shape index (κ2) is 6.76. The summed E-state index contributed by atoms with van der Waals surface area (Å²) >= 11 is 1.33. The molecule has 6 nitrogen and oxygen atoms in total. The number of phenols is 1. The zero-order valence-corrected chi connectivity index (χ0v) is 12.3. The lowest BCUT2D eigenvalue weighted by molar-refractivity contribution is 0.0959. The maximum absolute atomic E-state index is 11.7. The van der Waals surface area contributed by atoms with Crippen molar-refractivity contribution >= 4 is 23.5 Å². The Balaban J connectivity index is 2.12. The zero-order chi connectivity index (χ0) is 15.2. The summed E-state index contributed by atoms with van der Waals surface area (Å²) in [4.78, 5) is 12.3. The fraction of sp³-hybridized carbons (Fsp3) is 0.143. The number of hydrazone groups is 1. The first kappa shape index (κ1) is 14.9. The number of phenolic OH excluding ortho intramolecular Hbond substituents is 1. The molecule has 0 aliphatic heterocycles. The standard InChI is InChI=1S/C14H14N2O4S/c1-19-10-6-9(7-11(20-2)13(10)17)8-15-16-14(18)12-4-3-5-21-12/h3-8,17H,1-2H3,(H,16,18)/b15-8-. The SMILES string of the molecule is COc1cc(/C=N\NC(=O)c2cccs2)cc(OC)c1O. The highest BCUT2D eigenvalue weighted by Gasteiger charge is 2.10. The molecule has 2 rings (SSSR count). The fourth-order valence-electron chi connectivity index (χ4n) is 1.62. The summed E-state index contributed by atoms with van der Waals surface area (Å²) < 4.78 is 10.1. The van der Waals surface area contributed by atoms with Crippen LogP contribution in [0, 0.1) is 0 Å². The van der Waals surface area contributed by atoms with Crippen LogP contribution in [0.1, 0.15) is 15.2 Å². The first-order valence-electron chi connectivity index (χ1n) is 5.97. The minimum absolute atomic E-state index is 0.0835. The summed E-state index contributed by atoms with van der Waals surface area (Å²) in [7, 11) is 2.88. The Kier molecular flexibility index (Phi) is 4.78. The van der Waals surface area contributed by atoms with Crippen LogP contribution in [0.4, 0.5) is 0 Å². The molecule has 0 fully saturated rings. The molecule has 0 spiro atoms. The van der Waals surface area contributed by atoms with Gasteiger partial charge in [-0.3, -0.25) is 4.79 Å². The third-order valence-corrected chi connectivity index (χ3v) is 3.50. The van der Waals surface area contributed by atoms with Crippen molar-refractivity contribution in [2.24, 2.45) is 5.10 Å². The molecule has 7 heteroatoms. The van der Waals surface area contributed by atoms with Crippen LogP contribution in [-0.2, 0) is 0 Å². The van der Waals surface area contributed by atoms with Gasteiger partial charge in [0, 0.05) is 5.56 Å². The molecule has 0 atom stereocenters. The molecule has 2 aromatic rings. The van der Waals surface area contributed by atoms with Crippen LogP contribution in [0.5, 0.6) is 17.2 Å². The number of rotatable bonds is 5. The molecule has 2 N–H and O–H groups in total. The van der Waals surface area contributed by atoms with Crippen molar-refractivity contribution in [2.75, 3.05) is 14.2 Å². The summed E-state index contributed by atoms with van der Waals surface area (Å²) in [5.41, 5.74) is 3.04. The largest absolute Gasteiger partial charge is 0.502 e. The van der Waals surface area contributed by atoms with Gasteiger partial charge in [0.15, 0.2) is 11.5 Å². The monoisotopic (exact) mass is 306 g/mol. The quantitative estimate of drug-likeness (QED) is 0.656. The van der Waals surface area contributed by atoms with E-state index < -0.39 is 0 Å². The van der Waals surface area contributed by atoms with E-state index in [9.17, 15) is 9.90 Å². The highest BCUT2D eigenvalue weighted by atomic mass is 32.1. The summed E-state index contributed by atoms with van der Waals surface area (Å²) in [6.07, 6.45) is 1.44. The Morgan fingerprint density at radius 1 is 1.33 bits per heavy atom. The van der Waals surface area contributed by atoms with Crippen molar-refractivity contribution < 1.29 is 19.4 Å². The van der Waals surface area contributed by atoms with Crippen molar-refractivity contribution in [3.05, 3.63) is 40.1 Å². The number of methoxy groups -OCH3 is 2. The number of hydrogen-bond donors (Lipinski definition) is 2. The molecule has 1 aromatic carbocycles. The highest BCUT2D eigenvalue weighted by molar-refractivity contribution is 7.12. The second-order valence-corrected chi connectivity index (χ2v) is 4.90. The van der Waals surface area contributed by atoms with Crippen molar-refractivity contribution in [1.29, 1.82) is 0 Å². The molecule has 0 aliphatic rings. The van der Waals surface area contributed by atoms with Gasteiger partial charge in [-0.05, 0) is 23.6 Å². The van der Waals surface area contributed by atoms with Crippen LogP contribution in [0.3, 0.4) is 0 Å². The number of ether oxygens (including phenoxy) is 2. The number of carbonyl (C=O) groups is 1. The Hall–Kier alpha value is -2.54. The van der Waals surface area contributed by atoms with Crippen molar-refractivity contribution in [2.45, 2.75) is 0 Å². The van der Waals surface area contributed by atoms with Gasteiger partial charge in [-0.2, -0.15) is 5.10 Å². The van der Waals surface area contributed by atoms with Crippen LogP contribution in [0.25, 0.3) is 0 Å². The molecule has 1 heterocycles. The van der Waals surface area contributed by atoms with E-state index in [2.05, 4.69) is 10.5 Å². The Labute approximate surface area is 125 Å². The molecule has 110 valence electrons. The van der Waals surface area contributed by atoms with Gasteiger partial charge in [0.2, 0.25) is 5.75 Å². The van der Waals surface area contributed by atoms with Gasteiger partial charge >= 0.3 is 0 Å². The lowest BCUT2D eigenvalue weighted by Crippen LogP contribution is -2.16. The van der Waals surface area contributed by atoms with Gasteiger partial charge in [-0.15, -0.1) is 11.3 Å². The van der Waals surface area contributed by atoms with E-state index in [1.54, 1.807) is 24.3 Å². The third-order valence-electron chi connectivity index (χ3n) is 2.63.